The molecule has 4 amide bonds. The van der Waals surface area contributed by atoms with Crippen LogP contribution in [0.5, 0.6) is 5.75 Å². The quantitative estimate of drug-likeness (QED) is 0.601. The molecule has 0 saturated carbocycles. The second-order valence-corrected chi connectivity index (χ2v) is 7.64. The predicted octanol–water partition coefficient (Wildman–Crippen LogP) is 2.39. The number of imide groups is 2. The van der Waals surface area contributed by atoms with E-state index in [-0.39, 0.29) is 30.6 Å². The summed E-state index contributed by atoms with van der Waals surface area (Å²) in [5, 5.41) is 2.19. The Kier molecular flexibility index (Phi) is 5.10. The van der Waals surface area contributed by atoms with Crippen molar-refractivity contribution >= 4 is 35.4 Å². The van der Waals surface area contributed by atoms with Crippen LogP contribution in [0, 0.1) is 0 Å². The first-order valence-electron chi connectivity index (χ1n) is 9.10. The molecule has 0 radical (unpaired) electrons. The molecule has 1 atom stereocenters. The highest BCUT2D eigenvalue weighted by atomic mass is 32.2. The van der Waals surface area contributed by atoms with Gasteiger partial charge in [-0.1, -0.05) is 18.2 Å². The first kappa shape index (κ1) is 19.2. The summed E-state index contributed by atoms with van der Waals surface area (Å²) >= 11 is 1.64. The zero-order chi connectivity index (χ0) is 20.5. The van der Waals surface area contributed by atoms with Gasteiger partial charge in [-0.3, -0.25) is 29.4 Å². The van der Waals surface area contributed by atoms with Crippen molar-refractivity contribution < 1.29 is 23.9 Å². The minimum Gasteiger partial charge on any atom is -0.488 e. The van der Waals surface area contributed by atoms with Crippen LogP contribution < -0.4 is 10.1 Å². The third-order valence-electron chi connectivity index (χ3n) is 4.98. The molecule has 0 aliphatic carbocycles. The summed E-state index contributed by atoms with van der Waals surface area (Å²) in [5.41, 5.74) is 1.29. The number of ether oxygens (including phenoxy) is 1. The molecule has 148 valence electrons. The number of fused-ring (bicyclic) bond motifs is 1. The first-order chi connectivity index (χ1) is 14.0. The van der Waals surface area contributed by atoms with Gasteiger partial charge in [0.1, 0.15) is 18.4 Å². The van der Waals surface area contributed by atoms with E-state index in [1.807, 2.05) is 30.5 Å². The minimum atomic E-state index is -0.993. The monoisotopic (exact) mass is 410 g/mol. The number of thioether (sulfide) groups is 1. The maximum absolute atomic E-state index is 13.0. The lowest BCUT2D eigenvalue weighted by atomic mass is 10.0. The largest absolute Gasteiger partial charge is 0.488 e. The van der Waals surface area contributed by atoms with Crippen molar-refractivity contribution in [1.29, 1.82) is 0 Å². The van der Waals surface area contributed by atoms with Gasteiger partial charge >= 0.3 is 0 Å². The van der Waals surface area contributed by atoms with E-state index >= 15 is 0 Å². The van der Waals surface area contributed by atoms with Crippen LogP contribution in [0.1, 0.15) is 39.1 Å². The average molecular weight is 410 g/mol. The molecule has 1 fully saturated rings. The molecule has 0 spiro atoms. The number of benzene rings is 2. The van der Waals surface area contributed by atoms with E-state index in [4.69, 9.17) is 4.74 Å². The lowest BCUT2D eigenvalue weighted by molar-refractivity contribution is -0.136. The van der Waals surface area contributed by atoms with E-state index in [0.717, 1.165) is 15.4 Å². The molecule has 8 heteroatoms. The van der Waals surface area contributed by atoms with Gasteiger partial charge in [0.2, 0.25) is 11.8 Å². The Morgan fingerprint density at radius 1 is 1.07 bits per heavy atom. The lowest BCUT2D eigenvalue weighted by Crippen LogP contribution is -2.54. The highest BCUT2D eigenvalue weighted by molar-refractivity contribution is 7.98. The lowest BCUT2D eigenvalue weighted by Gasteiger charge is -2.27. The molecule has 0 aromatic heterocycles. The van der Waals surface area contributed by atoms with Gasteiger partial charge in [0.25, 0.3) is 11.8 Å². The summed E-state index contributed by atoms with van der Waals surface area (Å²) in [6.45, 7) is 0.241. The Morgan fingerprint density at radius 3 is 2.52 bits per heavy atom. The zero-order valence-corrected chi connectivity index (χ0v) is 16.5. The second-order valence-electron chi connectivity index (χ2n) is 6.76. The maximum atomic E-state index is 13.0. The molecular weight excluding hydrogens is 392 g/mol. The van der Waals surface area contributed by atoms with Crippen molar-refractivity contribution in [1.82, 2.24) is 10.2 Å². The SMILES string of the molecule is CSc1ccc(COc2cccc3c2C(=O)N(C2CCC(=O)NC2=O)C3=O)cc1. The van der Waals surface area contributed by atoms with Gasteiger partial charge < -0.3 is 4.74 Å². The van der Waals surface area contributed by atoms with E-state index in [9.17, 15) is 19.2 Å². The van der Waals surface area contributed by atoms with Gasteiger partial charge in [-0.25, -0.2) is 0 Å². The highest BCUT2D eigenvalue weighted by Crippen LogP contribution is 2.34. The van der Waals surface area contributed by atoms with Crippen LogP contribution >= 0.6 is 11.8 Å². The van der Waals surface area contributed by atoms with Crippen molar-refractivity contribution in [2.45, 2.75) is 30.4 Å². The Hall–Kier alpha value is -3.13. The van der Waals surface area contributed by atoms with Crippen molar-refractivity contribution in [2.75, 3.05) is 6.26 Å². The predicted molar refractivity (Wildman–Crippen MR) is 106 cm³/mol. The molecule has 2 aromatic carbocycles. The molecule has 2 aliphatic rings. The maximum Gasteiger partial charge on any atom is 0.266 e. The summed E-state index contributed by atoms with van der Waals surface area (Å²) in [5.74, 6) is -1.86. The second kappa shape index (κ2) is 7.71. The van der Waals surface area contributed by atoms with Crippen LogP contribution in [0.4, 0.5) is 0 Å². The molecule has 7 nitrogen and oxygen atoms in total. The number of nitrogens with zero attached hydrogens (tertiary/aromatic N) is 1. The third kappa shape index (κ3) is 3.51. The molecule has 1 saturated heterocycles. The Bertz CT molecular complexity index is 1020. The third-order valence-corrected chi connectivity index (χ3v) is 5.73. The molecule has 1 N–H and O–H groups in total. The normalized spacial score (nSPS) is 18.7. The van der Waals surface area contributed by atoms with Crippen molar-refractivity contribution in [3.8, 4) is 5.75 Å². The molecular formula is C21H18N2O5S. The van der Waals surface area contributed by atoms with Crippen LogP contribution in [-0.2, 0) is 16.2 Å². The minimum absolute atomic E-state index is 0.0825. The Morgan fingerprint density at radius 2 is 1.83 bits per heavy atom. The summed E-state index contributed by atoms with van der Waals surface area (Å²) in [4.78, 5) is 51.4. The van der Waals surface area contributed by atoms with E-state index < -0.39 is 29.7 Å². The number of hydrogen-bond donors (Lipinski definition) is 1. The summed E-state index contributed by atoms with van der Waals surface area (Å²) in [7, 11) is 0. The summed E-state index contributed by atoms with van der Waals surface area (Å²) in [6, 6.07) is 11.7. The molecule has 1 unspecified atom stereocenters. The van der Waals surface area contributed by atoms with Crippen LogP contribution in [0.3, 0.4) is 0 Å². The molecule has 2 aliphatic heterocycles. The topological polar surface area (TPSA) is 92.8 Å². The van der Waals surface area contributed by atoms with Crippen molar-refractivity contribution in [3.63, 3.8) is 0 Å². The number of piperidine rings is 1. The van der Waals surface area contributed by atoms with Crippen molar-refractivity contribution in [3.05, 3.63) is 59.2 Å². The molecule has 29 heavy (non-hydrogen) atoms. The van der Waals surface area contributed by atoms with E-state index in [0.29, 0.717) is 5.75 Å². The Balaban J connectivity index is 1.57. The van der Waals surface area contributed by atoms with Gasteiger partial charge in [0.15, 0.2) is 0 Å². The smallest absolute Gasteiger partial charge is 0.266 e. The number of carbonyl (C=O) groups excluding carboxylic acids is 4. The number of hydrogen-bond acceptors (Lipinski definition) is 6. The summed E-state index contributed by atoms with van der Waals surface area (Å²) in [6.07, 6.45) is 2.20. The van der Waals surface area contributed by atoms with Crippen LogP contribution in [0.15, 0.2) is 47.4 Å². The van der Waals surface area contributed by atoms with Gasteiger partial charge in [0, 0.05) is 11.3 Å². The number of nitrogens with one attached hydrogen (secondary N) is 1. The van der Waals surface area contributed by atoms with Crippen LogP contribution in [0.2, 0.25) is 0 Å². The fraction of sp³-hybridized carbons (Fsp3) is 0.238. The van der Waals surface area contributed by atoms with Crippen LogP contribution in [0.25, 0.3) is 0 Å². The van der Waals surface area contributed by atoms with Crippen molar-refractivity contribution in [2.24, 2.45) is 0 Å². The standard InChI is InChI=1S/C21H18N2O5S/c1-29-13-7-5-12(6-8-13)11-28-16-4-2-3-14-18(16)21(27)23(20(14)26)15-9-10-17(24)22-19(15)25/h2-8,15H,9-11H2,1H3,(H,22,24,25). The van der Waals surface area contributed by atoms with Gasteiger partial charge in [0.05, 0.1) is 11.1 Å². The van der Waals surface area contributed by atoms with E-state index in [1.165, 1.54) is 0 Å². The molecule has 0 bridgehead atoms. The zero-order valence-electron chi connectivity index (χ0n) is 15.6. The highest BCUT2D eigenvalue weighted by Gasteiger charge is 2.45. The average Bonchev–Trinajstić information content (AvgIpc) is 2.98. The van der Waals surface area contributed by atoms with Gasteiger partial charge in [-0.15, -0.1) is 11.8 Å². The van der Waals surface area contributed by atoms with E-state index in [2.05, 4.69) is 5.32 Å². The van der Waals surface area contributed by atoms with Gasteiger partial charge in [-0.2, -0.15) is 0 Å². The van der Waals surface area contributed by atoms with Crippen LogP contribution in [-0.4, -0.2) is 40.8 Å². The summed E-state index contributed by atoms with van der Waals surface area (Å²) < 4.78 is 5.85. The fourth-order valence-corrected chi connectivity index (χ4v) is 3.90. The molecule has 2 aromatic rings. The Labute approximate surface area is 171 Å². The van der Waals surface area contributed by atoms with E-state index in [1.54, 1.807) is 30.0 Å². The molecule has 2 heterocycles. The number of amides is 4. The van der Waals surface area contributed by atoms with Gasteiger partial charge in [-0.05, 0) is 42.5 Å². The first-order valence-corrected chi connectivity index (χ1v) is 10.3. The molecule has 4 rings (SSSR count). The fourth-order valence-electron chi connectivity index (χ4n) is 3.49. The number of rotatable bonds is 5. The number of carbonyl (C=O) groups is 4.